The molecule has 1 aromatic carbocycles. The minimum atomic E-state index is -0.492. The molecular formula is C23H21F2N7O. The van der Waals surface area contributed by atoms with Crippen LogP contribution in [-0.2, 0) is 11.3 Å². The molecule has 3 aromatic heterocycles. The van der Waals surface area contributed by atoms with Gasteiger partial charge in [-0.25, -0.2) is 23.3 Å². The molecule has 0 unspecified atom stereocenters. The summed E-state index contributed by atoms with van der Waals surface area (Å²) in [6, 6.07) is 10.4. The Kier molecular flexibility index (Phi) is 5.21. The van der Waals surface area contributed by atoms with Crippen molar-refractivity contribution < 1.29 is 13.6 Å². The van der Waals surface area contributed by atoms with E-state index >= 15 is 0 Å². The fourth-order valence-electron chi connectivity index (χ4n) is 3.92. The molecule has 0 aliphatic carbocycles. The van der Waals surface area contributed by atoms with Crippen molar-refractivity contribution in [3.8, 4) is 11.3 Å². The first-order chi connectivity index (χ1) is 15.9. The smallest absolute Gasteiger partial charge is 0.229 e. The van der Waals surface area contributed by atoms with Crippen LogP contribution in [0.15, 0.2) is 54.9 Å². The number of amides is 1. The monoisotopic (exact) mass is 449 g/mol. The molecule has 1 aliphatic heterocycles. The Morgan fingerprint density at radius 2 is 1.97 bits per heavy atom. The first kappa shape index (κ1) is 21.0. The van der Waals surface area contributed by atoms with Gasteiger partial charge in [-0.1, -0.05) is 0 Å². The summed E-state index contributed by atoms with van der Waals surface area (Å²) >= 11 is 0. The predicted octanol–water partition coefficient (Wildman–Crippen LogP) is 2.77. The van der Waals surface area contributed by atoms with Crippen LogP contribution in [0.25, 0.3) is 16.9 Å². The van der Waals surface area contributed by atoms with E-state index in [1.54, 1.807) is 52.0 Å². The molecule has 1 atom stereocenters. The average molecular weight is 449 g/mol. The van der Waals surface area contributed by atoms with Gasteiger partial charge in [0.15, 0.2) is 5.65 Å². The van der Waals surface area contributed by atoms with Crippen molar-refractivity contribution in [2.75, 3.05) is 23.4 Å². The van der Waals surface area contributed by atoms with E-state index in [1.165, 1.54) is 6.07 Å². The van der Waals surface area contributed by atoms with Crippen molar-refractivity contribution in [2.45, 2.75) is 19.0 Å². The summed E-state index contributed by atoms with van der Waals surface area (Å²) in [5, 5.41) is 4.64. The number of pyridine rings is 1. The highest BCUT2D eigenvalue weighted by atomic mass is 19.1. The number of rotatable bonds is 5. The van der Waals surface area contributed by atoms with Crippen LogP contribution in [0.4, 0.5) is 20.4 Å². The van der Waals surface area contributed by atoms with Crippen molar-refractivity contribution in [3.63, 3.8) is 0 Å². The summed E-state index contributed by atoms with van der Waals surface area (Å²) in [4.78, 5) is 24.2. The van der Waals surface area contributed by atoms with Gasteiger partial charge in [0.05, 0.1) is 11.9 Å². The molecule has 4 aromatic rings. The van der Waals surface area contributed by atoms with Gasteiger partial charge in [0, 0.05) is 49.9 Å². The summed E-state index contributed by atoms with van der Waals surface area (Å²) in [7, 11) is 1.75. The molecule has 1 fully saturated rings. The third-order valence-corrected chi connectivity index (χ3v) is 5.63. The van der Waals surface area contributed by atoms with E-state index < -0.39 is 11.6 Å². The Morgan fingerprint density at radius 1 is 1.12 bits per heavy atom. The molecule has 1 saturated heterocycles. The van der Waals surface area contributed by atoms with E-state index in [1.807, 2.05) is 6.07 Å². The number of carbonyl (C=O) groups is 1. The molecule has 168 valence electrons. The van der Waals surface area contributed by atoms with Crippen molar-refractivity contribution in [3.05, 3.63) is 72.1 Å². The highest BCUT2D eigenvalue weighted by Crippen LogP contribution is 2.25. The molecule has 33 heavy (non-hydrogen) atoms. The third kappa shape index (κ3) is 4.00. The second-order valence-electron chi connectivity index (χ2n) is 8.07. The second-order valence-corrected chi connectivity index (χ2v) is 8.07. The van der Waals surface area contributed by atoms with E-state index in [4.69, 9.17) is 5.73 Å². The number of benzene rings is 1. The maximum absolute atomic E-state index is 14.1. The van der Waals surface area contributed by atoms with Crippen LogP contribution in [0.3, 0.4) is 0 Å². The fraction of sp³-hybridized carbons (Fsp3) is 0.217. The molecule has 8 nitrogen and oxygen atoms in total. The van der Waals surface area contributed by atoms with Crippen molar-refractivity contribution in [1.82, 2.24) is 19.6 Å². The maximum atomic E-state index is 14.1. The fourth-order valence-corrected chi connectivity index (χ4v) is 3.92. The molecule has 1 amide bonds. The van der Waals surface area contributed by atoms with Crippen LogP contribution in [0, 0.1) is 11.6 Å². The normalized spacial score (nSPS) is 16.1. The van der Waals surface area contributed by atoms with Crippen LogP contribution >= 0.6 is 0 Å². The van der Waals surface area contributed by atoms with E-state index in [2.05, 4.69) is 15.1 Å². The molecule has 0 saturated carbocycles. The molecule has 4 heterocycles. The SMILES string of the molecule is CN(Cc1cc(F)ccc1F)c1ccc2ncc(-c3ccc(N4C[C@@H](N)CC4=O)nc3)n2n1. The van der Waals surface area contributed by atoms with Crippen molar-refractivity contribution in [1.29, 1.82) is 0 Å². The Bertz CT molecular complexity index is 1340. The standard InChI is InChI=1S/C23H21F2N7O/c1-30(12-15-8-16(24)3-4-18(15)25)22-7-6-21-28-11-19(32(21)29-22)14-2-5-20(27-10-14)31-13-17(26)9-23(31)33/h2-8,10-11,17H,9,12-13,26H2,1H3/t17-/m0/s1. The first-order valence-corrected chi connectivity index (χ1v) is 10.4. The summed E-state index contributed by atoms with van der Waals surface area (Å²) in [5.74, 6) is 0.106. The zero-order chi connectivity index (χ0) is 23.1. The summed E-state index contributed by atoms with van der Waals surface area (Å²) < 4.78 is 29.3. The highest BCUT2D eigenvalue weighted by Gasteiger charge is 2.28. The summed E-state index contributed by atoms with van der Waals surface area (Å²) in [6.07, 6.45) is 3.67. The number of nitrogens with two attached hydrogens (primary N) is 1. The molecule has 1 aliphatic rings. The van der Waals surface area contributed by atoms with Crippen LogP contribution in [0.2, 0.25) is 0 Å². The van der Waals surface area contributed by atoms with Crippen LogP contribution in [-0.4, -0.2) is 45.1 Å². The molecule has 5 rings (SSSR count). The molecular weight excluding hydrogens is 428 g/mol. The van der Waals surface area contributed by atoms with Gasteiger partial charge in [-0.15, -0.1) is 5.10 Å². The average Bonchev–Trinajstić information content (AvgIpc) is 3.38. The quantitative estimate of drug-likeness (QED) is 0.504. The van der Waals surface area contributed by atoms with E-state index in [0.717, 1.165) is 17.7 Å². The van der Waals surface area contributed by atoms with Gasteiger partial charge in [0.1, 0.15) is 23.3 Å². The first-order valence-electron chi connectivity index (χ1n) is 10.4. The topological polar surface area (TPSA) is 92.6 Å². The Labute approximate surface area is 188 Å². The minimum Gasteiger partial charge on any atom is -0.354 e. The van der Waals surface area contributed by atoms with Gasteiger partial charge in [-0.2, -0.15) is 0 Å². The van der Waals surface area contributed by atoms with Gasteiger partial charge >= 0.3 is 0 Å². The van der Waals surface area contributed by atoms with Gasteiger partial charge in [0.25, 0.3) is 0 Å². The number of hydrogen-bond acceptors (Lipinski definition) is 6. The van der Waals surface area contributed by atoms with Crippen molar-refractivity contribution >= 4 is 23.2 Å². The van der Waals surface area contributed by atoms with Crippen LogP contribution in [0.1, 0.15) is 12.0 Å². The molecule has 0 bridgehead atoms. The van der Waals surface area contributed by atoms with Gasteiger partial charge in [0.2, 0.25) is 5.91 Å². The van der Waals surface area contributed by atoms with Gasteiger partial charge in [-0.3, -0.25) is 9.69 Å². The van der Waals surface area contributed by atoms with Gasteiger partial charge in [-0.05, 0) is 42.5 Å². The van der Waals surface area contributed by atoms with Crippen molar-refractivity contribution in [2.24, 2.45) is 5.73 Å². The Hall–Kier alpha value is -3.92. The van der Waals surface area contributed by atoms with Crippen LogP contribution < -0.4 is 15.5 Å². The predicted molar refractivity (Wildman–Crippen MR) is 120 cm³/mol. The van der Waals surface area contributed by atoms with E-state index in [0.29, 0.717) is 35.9 Å². The minimum absolute atomic E-state index is 0.0402. The lowest BCUT2D eigenvalue weighted by Gasteiger charge is -2.19. The number of anilines is 2. The van der Waals surface area contributed by atoms with E-state index in [-0.39, 0.29) is 24.1 Å². The van der Waals surface area contributed by atoms with Crippen LogP contribution in [0.5, 0.6) is 0 Å². The molecule has 10 heteroatoms. The molecule has 2 N–H and O–H groups in total. The Balaban J connectivity index is 1.42. The highest BCUT2D eigenvalue weighted by molar-refractivity contribution is 5.95. The zero-order valence-electron chi connectivity index (χ0n) is 17.8. The number of hydrogen-bond donors (Lipinski definition) is 1. The lowest BCUT2D eigenvalue weighted by Crippen LogP contribution is -2.28. The maximum Gasteiger partial charge on any atom is 0.229 e. The number of aromatic nitrogens is 4. The number of halogens is 2. The lowest BCUT2D eigenvalue weighted by molar-refractivity contribution is -0.117. The number of fused-ring (bicyclic) bond motifs is 1. The van der Waals surface area contributed by atoms with Gasteiger partial charge < -0.3 is 10.6 Å². The van der Waals surface area contributed by atoms with E-state index in [9.17, 15) is 13.6 Å². The summed E-state index contributed by atoms with van der Waals surface area (Å²) in [6.45, 7) is 0.596. The zero-order valence-corrected chi connectivity index (χ0v) is 17.8. The summed E-state index contributed by atoms with van der Waals surface area (Å²) in [5.41, 5.74) is 8.22. The number of nitrogens with zero attached hydrogens (tertiary/aromatic N) is 6. The number of imidazole rings is 1. The largest absolute Gasteiger partial charge is 0.354 e. The molecule has 0 spiro atoms. The lowest BCUT2D eigenvalue weighted by atomic mass is 10.2. The third-order valence-electron chi connectivity index (χ3n) is 5.63. The second kappa shape index (κ2) is 8.21. The Morgan fingerprint density at radius 3 is 2.70 bits per heavy atom. The molecule has 0 radical (unpaired) electrons. The number of carbonyl (C=O) groups excluding carboxylic acids is 1.